The lowest BCUT2D eigenvalue weighted by molar-refractivity contribution is -0.0742. The molecule has 4 heteroatoms. The molecule has 0 N–H and O–H groups in total. The van der Waals surface area contributed by atoms with Gasteiger partial charge >= 0.3 is 0 Å². The van der Waals surface area contributed by atoms with E-state index in [1.807, 2.05) is 0 Å². The number of methoxy groups -OCH3 is 2. The summed E-state index contributed by atoms with van der Waals surface area (Å²) in [6.45, 7) is 1.63. The van der Waals surface area contributed by atoms with Crippen molar-refractivity contribution in [1.82, 2.24) is 0 Å². The van der Waals surface area contributed by atoms with Gasteiger partial charge in [-0.05, 0) is 18.6 Å². The second kappa shape index (κ2) is 5.00. The van der Waals surface area contributed by atoms with Crippen molar-refractivity contribution in [2.75, 3.05) is 14.2 Å². The maximum atomic E-state index is 13.2. The molecule has 3 nitrogen and oxygen atoms in total. The maximum Gasteiger partial charge on any atom is 0.222 e. The van der Waals surface area contributed by atoms with E-state index in [0.717, 1.165) is 0 Å². The number of ether oxygens (including phenoxy) is 2. The summed E-state index contributed by atoms with van der Waals surface area (Å²) in [5.41, 5.74) is 0.740. The summed E-state index contributed by atoms with van der Waals surface area (Å²) >= 11 is 0. The van der Waals surface area contributed by atoms with Crippen LogP contribution in [0.1, 0.15) is 15.9 Å². The number of carbonyl (C=O) groups excluding carboxylic acids is 1. The zero-order valence-corrected chi connectivity index (χ0v) is 8.91. The van der Waals surface area contributed by atoms with E-state index in [0.29, 0.717) is 5.56 Å². The molecule has 1 aromatic rings. The van der Waals surface area contributed by atoms with Gasteiger partial charge in [-0.25, -0.2) is 4.39 Å². The highest BCUT2D eigenvalue weighted by Gasteiger charge is 2.19. The van der Waals surface area contributed by atoms with Crippen LogP contribution in [0.5, 0.6) is 0 Å². The monoisotopic (exact) mass is 212 g/mol. The van der Waals surface area contributed by atoms with Crippen LogP contribution in [0.4, 0.5) is 4.39 Å². The van der Waals surface area contributed by atoms with E-state index >= 15 is 0 Å². The Morgan fingerprint density at radius 3 is 2.40 bits per heavy atom. The van der Waals surface area contributed by atoms with E-state index in [4.69, 9.17) is 9.47 Å². The van der Waals surface area contributed by atoms with Gasteiger partial charge in [0.1, 0.15) is 5.82 Å². The summed E-state index contributed by atoms with van der Waals surface area (Å²) in [4.78, 5) is 11.7. The SMILES string of the molecule is COC(OC)C(=O)c1ccc(C)c(F)c1. The predicted molar refractivity (Wildman–Crippen MR) is 53.3 cm³/mol. The number of aryl methyl sites for hydroxylation is 1. The third-order valence-corrected chi connectivity index (χ3v) is 2.10. The van der Waals surface area contributed by atoms with E-state index in [9.17, 15) is 9.18 Å². The lowest BCUT2D eigenvalue weighted by Gasteiger charge is -2.12. The molecule has 15 heavy (non-hydrogen) atoms. The van der Waals surface area contributed by atoms with Crippen molar-refractivity contribution in [3.8, 4) is 0 Å². The predicted octanol–water partition coefficient (Wildman–Crippen LogP) is 1.94. The fourth-order valence-electron chi connectivity index (χ4n) is 1.19. The highest BCUT2D eigenvalue weighted by Crippen LogP contribution is 2.12. The first-order chi connectivity index (χ1) is 7.10. The molecule has 82 valence electrons. The molecule has 0 aliphatic heterocycles. The van der Waals surface area contributed by atoms with Gasteiger partial charge in [-0.2, -0.15) is 0 Å². The summed E-state index contributed by atoms with van der Waals surface area (Å²) in [7, 11) is 2.72. The average molecular weight is 212 g/mol. The molecular formula is C11H13FO3. The molecule has 0 atom stereocenters. The lowest BCUT2D eigenvalue weighted by Crippen LogP contribution is -2.25. The molecule has 0 amide bonds. The maximum absolute atomic E-state index is 13.2. The molecule has 0 aliphatic rings. The number of benzene rings is 1. The molecule has 0 spiro atoms. The number of rotatable bonds is 4. The Labute approximate surface area is 87.8 Å². The van der Waals surface area contributed by atoms with Gasteiger partial charge in [-0.15, -0.1) is 0 Å². The molecule has 1 aromatic carbocycles. The molecule has 0 aromatic heterocycles. The number of halogens is 1. The van der Waals surface area contributed by atoms with Gasteiger partial charge in [-0.1, -0.05) is 12.1 Å². The van der Waals surface area contributed by atoms with E-state index in [-0.39, 0.29) is 11.3 Å². The highest BCUT2D eigenvalue weighted by molar-refractivity contribution is 5.98. The number of carbonyl (C=O) groups is 1. The van der Waals surface area contributed by atoms with Crippen LogP contribution in [0.3, 0.4) is 0 Å². The van der Waals surface area contributed by atoms with Crippen LogP contribution in [0.2, 0.25) is 0 Å². The third-order valence-electron chi connectivity index (χ3n) is 2.10. The molecule has 0 saturated heterocycles. The molecule has 0 heterocycles. The molecule has 0 bridgehead atoms. The Kier molecular flexibility index (Phi) is 3.94. The zero-order chi connectivity index (χ0) is 11.4. The van der Waals surface area contributed by atoms with E-state index in [2.05, 4.69) is 0 Å². The number of hydrogen-bond donors (Lipinski definition) is 0. The average Bonchev–Trinajstić information content (AvgIpc) is 2.23. The van der Waals surface area contributed by atoms with Crippen molar-refractivity contribution in [3.05, 3.63) is 35.1 Å². The number of ketones is 1. The third kappa shape index (κ3) is 2.61. The largest absolute Gasteiger partial charge is 0.349 e. The second-order valence-electron chi connectivity index (χ2n) is 3.13. The molecule has 0 unspecified atom stereocenters. The minimum Gasteiger partial charge on any atom is -0.349 e. The summed E-state index contributed by atoms with van der Waals surface area (Å²) < 4.78 is 22.8. The van der Waals surface area contributed by atoms with Crippen LogP contribution in [0.15, 0.2) is 18.2 Å². The van der Waals surface area contributed by atoms with E-state index in [1.165, 1.54) is 20.3 Å². The van der Waals surface area contributed by atoms with Crippen LogP contribution in [-0.4, -0.2) is 26.3 Å². The fourth-order valence-corrected chi connectivity index (χ4v) is 1.19. The van der Waals surface area contributed by atoms with Crippen LogP contribution in [-0.2, 0) is 9.47 Å². The summed E-state index contributed by atoms with van der Waals surface area (Å²) in [5, 5.41) is 0. The Balaban J connectivity index is 2.96. The van der Waals surface area contributed by atoms with Crippen LogP contribution < -0.4 is 0 Å². The van der Waals surface area contributed by atoms with Crippen molar-refractivity contribution in [1.29, 1.82) is 0 Å². The van der Waals surface area contributed by atoms with Gasteiger partial charge in [0.25, 0.3) is 0 Å². The van der Waals surface area contributed by atoms with Crippen molar-refractivity contribution in [2.45, 2.75) is 13.2 Å². The van der Waals surface area contributed by atoms with Gasteiger partial charge in [0, 0.05) is 19.8 Å². The summed E-state index contributed by atoms with van der Waals surface area (Å²) in [6, 6.07) is 4.28. The first-order valence-corrected chi connectivity index (χ1v) is 4.46. The molecule has 0 saturated carbocycles. The topological polar surface area (TPSA) is 35.5 Å². The van der Waals surface area contributed by atoms with Gasteiger partial charge in [0.15, 0.2) is 0 Å². The van der Waals surface area contributed by atoms with Crippen LogP contribution in [0, 0.1) is 12.7 Å². The molecule has 0 aliphatic carbocycles. The molecule has 1 rings (SSSR count). The van der Waals surface area contributed by atoms with Gasteiger partial charge in [0.05, 0.1) is 0 Å². The Morgan fingerprint density at radius 1 is 1.33 bits per heavy atom. The van der Waals surface area contributed by atoms with Crippen molar-refractivity contribution < 1.29 is 18.7 Å². The number of hydrogen-bond acceptors (Lipinski definition) is 3. The lowest BCUT2D eigenvalue weighted by atomic mass is 10.1. The van der Waals surface area contributed by atoms with E-state index < -0.39 is 12.1 Å². The highest BCUT2D eigenvalue weighted by atomic mass is 19.1. The standard InChI is InChI=1S/C11H13FO3/c1-7-4-5-8(6-9(7)12)10(13)11(14-2)15-3/h4-6,11H,1-3H3. The second-order valence-corrected chi connectivity index (χ2v) is 3.13. The van der Waals surface area contributed by atoms with Crippen molar-refractivity contribution in [3.63, 3.8) is 0 Å². The summed E-state index contributed by atoms with van der Waals surface area (Å²) in [5.74, 6) is -0.800. The quantitative estimate of drug-likeness (QED) is 0.565. The van der Waals surface area contributed by atoms with Crippen LogP contribution >= 0.6 is 0 Å². The normalized spacial score (nSPS) is 10.7. The van der Waals surface area contributed by atoms with Gasteiger partial charge in [0.2, 0.25) is 12.1 Å². The molecule has 0 fully saturated rings. The Hall–Kier alpha value is -1.26. The molecular weight excluding hydrogens is 199 g/mol. The zero-order valence-electron chi connectivity index (χ0n) is 8.91. The summed E-state index contributed by atoms with van der Waals surface area (Å²) in [6.07, 6.45) is -0.980. The Bertz CT molecular complexity index is 359. The van der Waals surface area contributed by atoms with Crippen molar-refractivity contribution >= 4 is 5.78 Å². The van der Waals surface area contributed by atoms with E-state index in [1.54, 1.807) is 19.1 Å². The first-order valence-electron chi connectivity index (χ1n) is 4.46. The van der Waals surface area contributed by atoms with Crippen LogP contribution in [0.25, 0.3) is 0 Å². The fraction of sp³-hybridized carbons (Fsp3) is 0.364. The molecule has 0 radical (unpaired) electrons. The van der Waals surface area contributed by atoms with Crippen molar-refractivity contribution in [2.24, 2.45) is 0 Å². The Morgan fingerprint density at radius 2 is 1.93 bits per heavy atom. The smallest absolute Gasteiger partial charge is 0.222 e. The minimum atomic E-state index is -0.980. The first kappa shape index (κ1) is 11.8. The minimum absolute atomic E-state index is 0.242. The van der Waals surface area contributed by atoms with Gasteiger partial charge < -0.3 is 9.47 Å². The number of Topliss-reactive ketones (excluding diaryl/α,β-unsaturated/α-hetero) is 1. The van der Waals surface area contributed by atoms with Gasteiger partial charge in [-0.3, -0.25) is 4.79 Å².